The number of hydrogen-bond acceptors (Lipinski definition) is 3. The fourth-order valence-corrected chi connectivity index (χ4v) is 2.72. The number of primary sulfonamides is 1. The molecule has 0 fully saturated rings. The van der Waals surface area contributed by atoms with Crippen LogP contribution in [0.1, 0.15) is 24.0 Å². The number of nitrogens with zero attached hydrogens (tertiary/aromatic N) is 1. The average Bonchev–Trinajstić information content (AvgIpc) is 2.37. The molecule has 1 aliphatic carbocycles. The Hall–Kier alpha value is -1.60. The van der Waals surface area contributed by atoms with Crippen LogP contribution in [0, 0.1) is 0 Å². The fraction of sp³-hybridized carbons (Fsp3) is 0.462. The number of fused-ring (bicyclic) bond motifs is 1. The van der Waals surface area contributed by atoms with Crippen LogP contribution in [0.5, 0.6) is 0 Å². The van der Waals surface area contributed by atoms with E-state index < -0.39 is 10.0 Å². The highest BCUT2D eigenvalue weighted by atomic mass is 32.2. The van der Waals surface area contributed by atoms with Crippen LogP contribution in [0.15, 0.2) is 23.2 Å². The number of rotatable bonds is 4. The van der Waals surface area contributed by atoms with Crippen molar-refractivity contribution >= 4 is 21.7 Å². The first-order valence-corrected chi connectivity index (χ1v) is 8.35. The Kier molecular flexibility index (Phi) is 4.61. The minimum absolute atomic E-state index is 0.0622. The van der Waals surface area contributed by atoms with E-state index in [9.17, 15) is 8.42 Å². The van der Waals surface area contributed by atoms with Gasteiger partial charge in [0.1, 0.15) is 0 Å². The van der Waals surface area contributed by atoms with Gasteiger partial charge in [-0.1, -0.05) is 12.1 Å². The van der Waals surface area contributed by atoms with Gasteiger partial charge in [0.05, 0.1) is 12.3 Å². The molecule has 0 spiro atoms. The monoisotopic (exact) mass is 296 g/mol. The molecular formula is C13H20N4O2S. The molecular weight excluding hydrogens is 276 g/mol. The molecule has 0 bridgehead atoms. The summed E-state index contributed by atoms with van der Waals surface area (Å²) in [6, 6.07) is 6.09. The van der Waals surface area contributed by atoms with Crippen molar-refractivity contribution in [1.29, 1.82) is 0 Å². The normalized spacial score (nSPS) is 15.8. The number of guanidine groups is 1. The highest BCUT2D eigenvalue weighted by Crippen LogP contribution is 2.27. The number of nitrogens with two attached hydrogens (primary N) is 2. The third kappa shape index (κ3) is 4.21. The number of aryl methyl sites for hydroxylation is 1. The molecule has 0 unspecified atom stereocenters. The van der Waals surface area contributed by atoms with E-state index in [1.54, 1.807) is 0 Å². The summed E-state index contributed by atoms with van der Waals surface area (Å²) in [5, 5.41) is 7.96. The predicted molar refractivity (Wildman–Crippen MR) is 81.2 cm³/mol. The van der Waals surface area contributed by atoms with Gasteiger partial charge in [0.2, 0.25) is 10.0 Å². The van der Waals surface area contributed by atoms with E-state index in [1.807, 2.05) is 12.1 Å². The van der Waals surface area contributed by atoms with Crippen LogP contribution in [-0.4, -0.2) is 26.7 Å². The summed E-state index contributed by atoms with van der Waals surface area (Å²) < 4.78 is 21.6. The van der Waals surface area contributed by atoms with Crippen LogP contribution in [0.2, 0.25) is 0 Å². The summed E-state index contributed by atoms with van der Waals surface area (Å²) in [6.07, 6.45) is 4.51. The van der Waals surface area contributed by atoms with Gasteiger partial charge < -0.3 is 11.1 Å². The largest absolute Gasteiger partial charge is 0.370 e. The smallest absolute Gasteiger partial charge is 0.210 e. The van der Waals surface area contributed by atoms with E-state index in [4.69, 9.17) is 10.9 Å². The van der Waals surface area contributed by atoms with Gasteiger partial charge in [-0.25, -0.2) is 13.6 Å². The lowest BCUT2D eigenvalue weighted by Crippen LogP contribution is -2.26. The van der Waals surface area contributed by atoms with E-state index >= 15 is 0 Å². The minimum atomic E-state index is -3.50. The summed E-state index contributed by atoms with van der Waals surface area (Å²) in [6.45, 7) is 0.0622. The van der Waals surface area contributed by atoms with Gasteiger partial charge in [0.15, 0.2) is 5.96 Å². The maximum absolute atomic E-state index is 10.8. The van der Waals surface area contributed by atoms with E-state index in [0.29, 0.717) is 0 Å². The van der Waals surface area contributed by atoms with Crippen LogP contribution in [-0.2, 0) is 22.9 Å². The minimum Gasteiger partial charge on any atom is -0.370 e. The molecule has 0 amide bonds. The quantitative estimate of drug-likeness (QED) is 0.557. The fourth-order valence-electron chi connectivity index (χ4n) is 2.37. The lowest BCUT2D eigenvalue weighted by Gasteiger charge is -2.19. The Morgan fingerprint density at radius 1 is 1.30 bits per heavy atom. The summed E-state index contributed by atoms with van der Waals surface area (Å²) in [7, 11) is -3.50. The maximum atomic E-state index is 10.8. The second kappa shape index (κ2) is 6.23. The Balaban J connectivity index is 2.04. The van der Waals surface area contributed by atoms with Crippen LogP contribution < -0.4 is 16.2 Å². The summed E-state index contributed by atoms with van der Waals surface area (Å²) in [4.78, 5) is 3.98. The van der Waals surface area contributed by atoms with Crippen molar-refractivity contribution < 1.29 is 8.42 Å². The molecule has 0 saturated heterocycles. The zero-order valence-corrected chi connectivity index (χ0v) is 12.1. The molecule has 7 heteroatoms. The molecule has 1 aliphatic rings. The van der Waals surface area contributed by atoms with E-state index in [2.05, 4.69) is 16.4 Å². The molecule has 0 atom stereocenters. The molecule has 0 heterocycles. The molecule has 2 rings (SSSR count). The van der Waals surface area contributed by atoms with Gasteiger partial charge in [-0.3, -0.25) is 4.99 Å². The van der Waals surface area contributed by atoms with Crippen LogP contribution in [0.3, 0.4) is 0 Å². The predicted octanol–water partition coefficient (Wildman–Crippen LogP) is 0.581. The van der Waals surface area contributed by atoms with Crippen molar-refractivity contribution in [3.63, 3.8) is 0 Å². The zero-order valence-electron chi connectivity index (χ0n) is 11.3. The zero-order chi connectivity index (χ0) is 14.6. The summed E-state index contributed by atoms with van der Waals surface area (Å²) in [5.41, 5.74) is 9.36. The second-order valence-electron chi connectivity index (χ2n) is 4.91. The van der Waals surface area contributed by atoms with E-state index in [1.165, 1.54) is 24.0 Å². The van der Waals surface area contributed by atoms with Gasteiger partial charge >= 0.3 is 0 Å². The van der Waals surface area contributed by atoms with Gasteiger partial charge in [-0.05, 0) is 42.9 Å². The molecule has 1 aromatic carbocycles. The number of aliphatic imine (C=N–C) groups is 1. The van der Waals surface area contributed by atoms with Gasteiger partial charge in [-0.2, -0.15) is 0 Å². The Labute approximate surface area is 119 Å². The Morgan fingerprint density at radius 2 is 2.05 bits per heavy atom. The van der Waals surface area contributed by atoms with Gasteiger partial charge in [0, 0.05) is 5.69 Å². The average molecular weight is 296 g/mol. The lowest BCUT2D eigenvalue weighted by molar-refractivity contribution is 0.597. The number of benzene rings is 1. The molecule has 110 valence electrons. The molecule has 0 saturated carbocycles. The number of nitrogens with one attached hydrogen (secondary N) is 1. The standard InChI is InChI=1S/C13H20N4O2S/c14-13(16-8-9-20(15,18)19)17-12-7-3-5-10-4-1-2-6-11(10)12/h3,5,7H,1-2,4,6,8-9H2,(H3,14,16,17)(H2,15,18,19). The number of anilines is 1. The first kappa shape index (κ1) is 14.8. The first-order chi connectivity index (χ1) is 9.46. The van der Waals surface area contributed by atoms with Crippen molar-refractivity contribution in [2.45, 2.75) is 25.7 Å². The summed E-state index contributed by atoms with van der Waals surface area (Å²) >= 11 is 0. The molecule has 20 heavy (non-hydrogen) atoms. The van der Waals surface area contributed by atoms with Crippen LogP contribution >= 0.6 is 0 Å². The molecule has 0 aliphatic heterocycles. The van der Waals surface area contributed by atoms with Crippen LogP contribution in [0.25, 0.3) is 0 Å². The van der Waals surface area contributed by atoms with Crippen molar-refractivity contribution in [2.24, 2.45) is 15.9 Å². The molecule has 1 aromatic rings. The molecule has 5 N–H and O–H groups in total. The molecule has 0 radical (unpaired) electrons. The van der Waals surface area contributed by atoms with Crippen molar-refractivity contribution in [1.82, 2.24) is 0 Å². The van der Waals surface area contributed by atoms with E-state index in [0.717, 1.165) is 18.5 Å². The second-order valence-corrected chi connectivity index (χ2v) is 6.64. The number of sulfonamides is 1. The molecule has 6 nitrogen and oxygen atoms in total. The topological polar surface area (TPSA) is 111 Å². The van der Waals surface area contributed by atoms with E-state index in [-0.39, 0.29) is 18.3 Å². The van der Waals surface area contributed by atoms with Crippen molar-refractivity contribution in [3.05, 3.63) is 29.3 Å². The van der Waals surface area contributed by atoms with Crippen molar-refractivity contribution in [2.75, 3.05) is 17.6 Å². The van der Waals surface area contributed by atoms with Crippen molar-refractivity contribution in [3.8, 4) is 0 Å². The lowest BCUT2D eigenvalue weighted by atomic mass is 9.90. The third-order valence-corrected chi connectivity index (χ3v) is 4.07. The number of hydrogen-bond donors (Lipinski definition) is 3. The highest BCUT2D eigenvalue weighted by Gasteiger charge is 2.13. The Morgan fingerprint density at radius 3 is 2.80 bits per heavy atom. The summed E-state index contributed by atoms with van der Waals surface area (Å²) in [5.74, 6) is 0.00932. The first-order valence-electron chi connectivity index (χ1n) is 6.64. The van der Waals surface area contributed by atoms with Crippen LogP contribution in [0.4, 0.5) is 5.69 Å². The highest BCUT2D eigenvalue weighted by molar-refractivity contribution is 7.89. The van der Waals surface area contributed by atoms with Gasteiger partial charge in [0.25, 0.3) is 0 Å². The maximum Gasteiger partial charge on any atom is 0.210 e. The molecule has 0 aromatic heterocycles. The Bertz CT molecular complexity index is 611. The van der Waals surface area contributed by atoms with Gasteiger partial charge in [-0.15, -0.1) is 0 Å². The SMILES string of the molecule is NC(=NCCS(N)(=O)=O)Nc1cccc2c1CCCC2. The third-order valence-electron chi connectivity index (χ3n) is 3.32.